The number of amides is 2. The van der Waals surface area contributed by atoms with E-state index >= 15 is 0 Å². The lowest BCUT2D eigenvalue weighted by Crippen LogP contribution is -2.36. The molecule has 0 aromatic heterocycles. The van der Waals surface area contributed by atoms with E-state index in [0.717, 1.165) is 30.4 Å². The largest absolute Gasteiger partial charge is 0.356 e. The van der Waals surface area contributed by atoms with Gasteiger partial charge in [-0.05, 0) is 61.6 Å². The van der Waals surface area contributed by atoms with E-state index in [2.05, 4.69) is 5.32 Å². The van der Waals surface area contributed by atoms with Crippen LogP contribution in [0.2, 0.25) is 5.02 Å². The number of hydrogen-bond acceptors (Lipinski definition) is 2. The Morgan fingerprint density at radius 1 is 1.04 bits per heavy atom. The second kappa shape index (κ2) is 8.57. The fourth-order valence-electron chi connectivity index (χ4n) is 3.68. The van der Waals surface area contributed by atoms with E-state index in [1.54, 1.807) is 4.90 Å². The predicted octanol–water partition coefficient (Wildman–Crippen LogP) is 4.38. The van der Waals surface area contributed by atoms with E-state index in [1.165, 1.54) is 0 Å². The first-order valence-corrected chi connectivity index (χ1v) is 9.78. The lowest BCUT2D eigenvalue weighted by atomic mass is 10.0. The number of nitrogens with zero attached hydrogens (tertiary/aromatic N) is 1. The average Bonchev–Trinajstić information content (AvgIpc) is 3.18. The number of nitrogens with one attached hydrogen (secondary N) is 1. The first-order chi connectivity index (χ1) is 13.0. The Morgan fingerprint density at radius 3 is 2.22 bits per heavy atom. The minimum Gasteiger partial charge on any atom is -0.356 e. The summed E-state index contributed by atoms with van der Waals surface area (Å²) in [4.78, 5) is 26.6. The minimum atomic E-state index is -0.000735. The van der Waals surface area contributed by atoms with Crippen LogP contribution >= 0.6 is 11.6 Å². The Morgan fingerprint density at radius 2 is 1.63 bits per heavy atom. The third-order valence-electron chi connectivity index (χ3n) is 5.30. The van der Waals surface area contributed by atoms with E-state index in [4.69, 9.17) is 11.6 Å². The third kappa shape index (κ3) is 4.51. The van der Waals surface area contributed by atoms with Crippen LogP contribution < -0.4 is 5.32 Å². The van der Waals surface area contributed by atoms with Crippen LogP contribution in [0, 0.1) is 5.92 Å². The molecule has 2 atom stereocenters. The zero-order chi connectivity index (χ0) is 19.4. The molecule has 1 aliphatic rings. The topological polar surface area (TPSA) is 49.4 Å². The van der Waals surface area contributed by atoms with Gasteiger partial charge in [0.25, 0.3) is 5.91 Å². The molecule has 2 aromatic carbocycles. The normalized spacial score (nSPS) is 18.9. The Kier molecular flexibility index (Phi) is 6.17. The summed E-state index contributed by atoms with van der Waals surface area (Å²) in [5.74, 6) is 0.116. The fraction of sp³-hybridized carbons (Fsp3) is 0.364. The van der Waals surface area contributed by atoms with Gasteiger partial charge in [-0.3, -0.25) is 9.59 Å². The van der Waals surface area contributed by atoms with E-state index in [0.29, 0.717) is 17.1 Å². The van der Waals surface area contributed by atoms with Crippen molar-refractivity contribution in [1.82, 2.24) is 10.2 Å². The molecule has 2 aromatic rings. The van der Waals surface area contributed by atoms with Crippen molar-refractivity contribution < 1.29 is 9.59 Å². The van der Waals surface area contributed by atoms with Crippen molar-refractivity contribution in [3.05, 3.63) is 59.1 Å². The van der Waals surface area contributed by atoms with Crippen LogP contribution in [0.4, 0.5) is 0 Å². The predicted molar refractivity (Wildman–Crippen MR) is 109 cm³/mol. The first-order valence-electron chi connectivity index (χ1n) is 9.40. The summed E-state index contributed by atoms with van der Waals surface area (Å²) in [7, 11) is 1.83. The fourth-order valence-corrected chi connectivity index (χ4v) is 3.81. The van der Waals surface area contributed by atoms with E-state index in [9.17, 15) is 9.59 Å². The molecule has 27 heavy (non-hydrogen) atoms. The van der Waals surface area contributed by atoms with Crippen molar-refractivity contribution in [2.75, 3.05) is 13.6 Å². The molecular weight excluding hydrogens is 360 g/mol. The maximum Gasteiger partial charge on any atom is 0.253 e. The quantitative estimate of drug-likeness (QED) is 0.831. The van der Waals surface area contributed by atoms with Gasteiger partial charge in [0, 0.05) is 36.1 Å². The molecule has 2 amide bonds. The highest BCUT2D eigenvalue weighted by molar-refractivity contribution is 6.30. The summed E-state index contributed by atoms with van der Waals surface area (Å²) in [5.41, 5.74) is 2.77. The Hall–Kier alpha value is -2.33. The molecule has 1 unspecified atom stereocenters. The zero-order valence-electron chi connectivity index (χ0n) is 15.7. The zero-order valence-corrected chi connectivity index (χ0v) is 16.5. The summed E-state index contributed by atoms with van der Waals surface area (Å²) >= 11 is 5.94. The van der Waals surface area contributed by atoms with Crippen LogP contribution in [0.25, 0.3) is 11.1 Å². The monoisotopic (exact) mass is 384 g/mol. The molecule has 1 aliphatic carbocycles. The van der Waals surface area contributed by atoms with Gasteiger partial charge in [-0.25, -0.2) is 0 Å². The number of benzene rings is 2. The summed E-state index contributed by atoms with van der Waals surface area (Å²) in [5, 5.41) is 3.59. The molecule has 1 saturated carbocycles. The van der Waals surface area contributed by atoms with Gasteiger partial charge in [0.2, 0.25) is 5.91 Å². The molecule has 0 bridgehead atoms. The van der Waals surface area contributed by atoms with Crippen molar-refractivity contribution in [2.45, 2.75) is 32.2 Å². The highest BCUT2D eigenvalue weighted by Crippen LogP contribution is 2.30. The smallest absolute Gasteiger partial charge is 0.253 e. The van der Waals surface area contributed by atoms with Crippen molar-refractivity contribution in [3.8, 4) is 11.1 Å². The SMILES string of the molecule is CCNC(=O)C1CC[C@@H](N(C)C(=O)c2ccc(-c3ccc(Cl)cc3)cc2)C1. The number of halogens is 1. The third-order valence-corrected chi connectivity index (χ3v) is 5.56. The van der Waals surface area contributed by atoms with E-state index in [-0.39, 0.29) is 23.8 Å². The summed E-state index contributed by atoms with van der Waals surface area (Å²) in [6, 6.07) is 15.4. The highest BCUT2D eigenvalue weighted by atomic mass is 35.5. The average molecular weight is 385 g/mol. The van der Waals surface area contributed by atoms with Crippen molar-refractivity contribution in [1.29, 1.82) is 0 Å². The molecule has 1 fully saturated rings. The van der Waals surface area contributed by atoms with Crippen LogP contribution in [-0.4, -0.2) is 36.3 Å². The number of carbonyl (C=O) groups excluding carboxylic acids is 2. The highest BCUT2D eigenvalue weighted by Gasteiger charge is 2.33. The molecule has 1 N–H and O–H groups in total. The first kappa shape index (κ1) is 19.4. The Labute approximate surface area is 165 Å². The van der Waals surface area contributed by atoms with Gasteiger partial charge in [-0.2, -0.15) is 0 Å². The summed E-state index contributed by atoms with van der Waals surface area (Å²) in [6.07, 6.45) is 2.44. The maximum atomic E-state index is 12.8. The second-order valence-electron chi connectivity index (χ2n) is 7.06. The van der Waals surface area contributed by atoms with Gasteiger partial charge in [-0.1, -0.05) is 35.9 Å². The maximum absolute atomic E-state index is 12.8. The van der Waals surface area contributed by atoms with Crippen molar-refractivity contribution in [2.24, 2.45) is 5.92 Å². The Balaban J connectivity index is 1.65. The standard InChI is InChI=1S/C22H25ClN2O2/c1-3-24-21(26)18-10-13-20(14-18)25(2)22(27)17-6-4-15(5-7-17)16-8-11-19(23)12-9-16/h4-9,11-12,18,20H,3,10,13-14H2,1-2H3,(H,24,26)/t18?,20-/m1/s1. The molecular formula is C22H25ClN2O2. The summed E-state index contributed by atoms with van der Waals surface area (Å²) < 4.78 is 0. The molecule has 4 nitrogen and oxygen atoms in total. The van der Waals surface area contributed by atoms with Crippen LogP contribution in [0.3, 0.4) is 0 Å². The van der Waals surface area contributed by atoms with Gasteiger partial charge in [-0.15, -0.1) is 0 Å². The molecule has 0 spiro atoms. The van der Waals surface area contributed by atoms with Gasteiger partial charge in [0.05, 0.1) is 0 Å². The molecule has 0 radical (unpaired) electrons. The van der Waals surface area contributed by atoms with Gasteiger partial charge >= 0.3 is 0 Å². The van der Waals surface area contributed by atoms with Crippen molar-refractivity contribution in [3.63, 3.8) is 0 Å². The van der Waals surface area contributed by atoms with E-state index in [1.807, 2.05) is 62.5 Å². The minimum absolute atomic E-state index is 0.000735. The molecule has 3 rings (SSSR count). The van der Waals surface area contributed by atoms with Crippen LogP contribution in [-0.2, 0) is 4.79 Å². The van der Waals surface area contributed by atoms with Crippen LogP contribution in [0.15, 0.2) is 48.5 Å². The van der Waals surface area contributed by atoms with Crippen LogP contribution in [0.1, 0.15) is 36.5 Å². The second-order valence-corrected chi connectivity index (χ2v) is 7.50. The molecule has 142 valence electrons. The van der Waals surface area contributed by atoms with Gasteiger partial charge < -0.3 is 10.2 Å². The van der Waals surface area contributed by atoms with Crippen LogP contribution in [0.5, 0.6) is 0 Å². The molecule has 0 heterocycles. The lowest BCUT2D eigenvalue weighted by Gasteiger charge is -2.25. The lowest BCUT2D eigenvalue weighted by molar-refractivity contribution is -0.124. The number of rotatable bonds is 5. The Bertz CT molecular complexity index is 802. The molecule has 5 heteroatoms. The number of hydrogen-bond donors (Lipinski definition) is 1. The summed E-state index contributed by atoms with van der Waals surface area (Å²) in [6.45, 7) is 2.57. The van der Waals surface area contributed by atoms with Crippen molar-refractivity contribution >= 4 is 23.4 Å². The molecule has 0 saturated heterocycles. The van der Waals surface area contributed by atoms with E-state index < -0.39 is 0 Å². The number of carbonyl (C=O) groups is 2. The van der Waals surface area contributed by atoms with Gasteiger partial charge in [0.1, 0.15) is 0 Å². The van der Waals surface area contributed by atoms with Gasteiger partial charge in [0.15, 0.2) is 0 Å². The molecule has 0 aliphatic heterocycles.